The third kappa shape index (κ3) is 7.21. The summed E-state index contributed by atoms with van der Waals surface area (Å²) in [6, 6.07) is 4.17. The Morgan fingerprint density at radius 2 is 1.62 bits per heavy atom. The first-order valence-corrected chi connectivity index (χ1v) is 16.1. The largest absolute Gasteiger partial charge is 0.389 e. The lowest BCUT2D eigenvalue weighted by Crippen LogP contribution is -2.47. The fraction of sp³-hybridized carbons (Fsp3) is 0.677. The molecule has 0 unspecified atom stereocenters. The number of piperidine rings is 1. The fourth-order valence-electron chi connectivity index (χ4n) is 6.98. The van der Waals surface area contributed by atoms with E-state index in [9.17, 15) is 27.6 Å². The molecule has 3 amide bonds. The monoisotopic (exact) mass is 606 g/mol. The van der Waals surface area contributed by atoms with Gasteiger partial charge in [0.2, 0.25) is 11.8 Å². The van der Waals surface area contributed by atoms with E-state index in [-0.39, 0.29) is 36.0 Å². The summed E-state index contributed by atoms with van der Waals surface area (Å²) in [7, 11) is 0. The molecule has 2 saturated heterocycles. The lowest BCUT2D eigenvalue weighted by atomic mass is 9.79. The maximum Gasteiger partial charge on any atom is 0.389 e. The van der Waals surface area contributed by atoms with E-state index in [0.29, 0.717) is 32.2 Å². The Kier molecular flexibility index (Phi) is 9.37. The van der Waals surface area contributed by atoms with Crippen molar-refractivity contribution < 1.29 is 27.6 Å². The first-order chi connectivity index (χ1) is 19.9. The van der Waals surface area contributed by atoms with Crippen molar-refractivity contribution in [2.45, 2.75) is 103 Å². The topological polar surface area (TPSA) is 82.1 Å². The van der Waals surface area contributed by atoms with Crippen LogP contribution in [-0.2, 0) is 27.3 Å². The lowest BCUT2D eigenvalue weighted by molar-refractivity contribution is -0.139. The number of carbonyl (C=O) groups excluding carboxylic acids is 3. The van der Waals surface area contributed by atoms with Crippen LogP contribution in [0.4, 0.5) is 13.2 Å². The van der Waals surface area contributed by atoms with Gasteiger partial charge in [0.15, 0.2) is 0 Å². The van der Waals surface area contributed by atoms with E-state index in [1.807, 2.05) is 0 Å². The molecule has 11 heteroatoms. The molecule has 0 aromatic heterocycles. The highest BCUT2D eigenvalue weighted by atomic mass is 32.2. The number of hydrogen-bond acceptors (Lipinski definition) is 6. The molecule has 230 valence electrons. The number of aryl methyl sites for hydroxylation is 2. The Balaban J connectivity index is 1.08. The molecule has 3 aliphatic heterocycles. The van der Waals surface area contributed by atoms with Gasteiger partial charge >= 0.3 is 6.18 Å². The van der Waals surface area contributed by atoms with Gasteiger partial charge in [0.05, 0.1) is 6.54 Å². The summed E-state index contributed by atoms with van der Waals surface area (Å²) in [5, 5.41) is 3.04. The van der Waals surface area contributed by atoms with Gasteiger partial charge in [-0.25, -0.2) is 0 Å². The van der Waals surface area contributed by atoms with Gasteiger partial charge in [0, 0.05) is 44.0 Å². The third-order valence-electron chi connectivity index (χ3n) is 9.50. The Bertz CT molecular complexity index is 1200. The third-order valence-corrected chi connectivity index (χ3v) is 10.6. The summed E-state index contributed by atoms with van der Waals surface area (Å²) in [6.45, 7) is 6.04. The number of rotatable bonds is 9. The lowest BCUT2D eigenvalue weighted by Gasteiger charge is -2.34. The van der Waals surface area contributed by atoms with Crippen LogP contribution in [0.5, 0.6) is 0 Å². The van der Waals surface area contributed by atoms with Gasteiger partial charge < -0.3 is 5.32 Å². The van der Waals surface area contributed by atoms with Gasteiger partial charge in [0.1, 0.15) is 11.4 Å². The standard InChI is InChI=1S/C31H41F3N4O3S/c1-20-17-23(19-38-26(39)7-8-27(38)40)18-21(2)25(20)10-16-42-37-14-12-30(13-15-37)29(41)35-28(36-30)24-5-3-22(4-6-24)9-11-31(32,33)34/h17-18,22,24H,3-16,19H2,1-2H3,(H,35,36,41). The summed E-state index contributed by atoms with van der Waals surface area (Å²) in [6.07, 6.45) is 1.31. The quantitative estimate of drug-likeness (QED) is 0.290. The van der Waals surface area contributed by atoms with E-state index < -0.39 is 18.1 Å². The molecule has 0 atom stereocenters. The van der Waals surface area contributed by atoms with Gasteiger partial charge in [-0.3, -0.25) is 28.6 Å². The van der Waals surface area contributed by atoms with Crippen LogP contribution in [-0.4, -0.2) is 63.3 Å². The van der Waals surface area contributed by atoms with Crippen molar-refractivity contribution in [1.82, 2.24) is 14.5 Å². The molecule has 7 nitrogen and oxygen atoms in total. The second-order valence-corrected chi connectivity index (χ2v) is 13.6. The van der Waals surface area contributed by atoms with Crippen LogP contribution in [0.25, 0.3) is 0 Å². The molecule has 5 rings (SSSR count). The molecule has 1 aromatic rings. The van der Waals surface area contributed by atoms with E-state index in [1.54, 1.807) is 11.9 Å². The smallest absolute Gasteiger partial charge is 0.312 e. The number of nitrogens with zero attached hydrogens (tertiary/aromatic N) is 3. The highest BCUT2D eigenvalue weighted by Crippen LogP contribution is 2.38. The zero-order valence-electron chi connectivity index (χ0n) is 24.5. The van der Waals surface area contributed by atoms with Gasteiger partial charge in [-0.15, -0.1) is 0 Å². The van der Waals surface area contributed by atoms with Crippen molar-refractivity contribution in [2.24, 2.45) is 16.8 Å². The number of likely N-dealkylation sites (tertiary alicyclic amines) is 1. The normalized spacial score (nSPS) is 24.9. The second-order valence-electron chi connectivity index (χ2n) is 12.4. The predicted octanol–water partition coefficient (Wildman–Crippen LogP) is 5.65. The van der Waals surface area contributed by atoms with Crippen LogP contribution in [0.3, 0.4) is 0 Å². The zero-order valence-corrected chi connectivity index (χ0v) is 25.3. The zero-order chi connectivity index (χ0) is 30.1. The maximum atomic E-state index is 13.0. The SMILES string of the molecule is Cc1cc(CN2C(=O)CCC2=O)cc(C)c1CCSN1CCC2(CC1)N=C(C1CCC(CCC(F)(F)F)CC1)NC2=O. The molecule has 3 fully saturated rings. The summed E-state index contributed by atoms with van der Waals surface area (Å²) in [5.41, 5.74) is 3.90. The van der Waals surface area contributed by atoms with Crippen LogP contribution < -0.4 is 5.32 Å². The Morgan fingerprint density at radius 3 is 2.21 bits per heavy atom. The minimum absolute atomic E-state index is 0.0231. The van der Waals surface area contributed by atoms with Crippen LogP contribution in [0.2, 0.25) is 0 Å². The molecular formula is C31H41F3N4O3S. The van der Waals surface area contributed by atoms with Crippen molar-refractivity contribution in [1.29, 1.82) is 0 Å². The summed E-state index contributed by atoms with van der Waals surface area (Å²) in [4.78, 5) is 43.3. The van der Waals surface area contributed by atoms with E-state index in [0.717, 1.165) is 62.3 Å². The van der Waals surface area contributed by atoms with Crippen molar-refractivity contribution in [2.75, 3.05) is 18.8 Å². The Labute approximate surface area is 250 Å². The number of alkyl halides is 3. The molecule has 1 N–H and O–H groups in total. The van der Waals surface area contributed by atoms with Gasteiger partial charge in [-0.1, -0.05) is 24.1 Å². The molecule has 1 spiro atoms. The molecule has 1 aliphatic carbocycles. The number of halogens is 3. The predicted molar refractivity (Wildman–Crippen MR) is 157 cm³/mol. The summed E-state index contributed by atoms with van der Waals surface area (Å²) >= 11 is 1.79. The van der Waals surface area contributed by atoms with Gasteiger partial charge in [-0.2, -0.15) is 13.2 Å². The average Bonchev–Trinajstić information content (AvgIpc) is 3.43. The first kappa shape index (κ1) is 31.0. The molecule has 0 radical (unpaired) electrons. The Hall–Kier alpha value is -2.40. The first-order valence-electron chi connectivity index (χ1n) is 15.2. The number of hydrogen-bond donors (Lipinski definition) is 1. The van der Waals surface area contributed by atoms with Crippen molar-refractivity contribution in [3.63, 3.8) is 0 Å². The number of carbonyl (C=O) groups is 3. The van der Waals surface area contributed by atoms with Crippen molar-refractivity contribution >= 4 is 35.5 Å². The number of aliphatic imine (C=N–C) groups is 1. The molecular weight excluding hydrogens is 565 g/mol. The van der Waals surface area contributed by atoms with E-state index >= 15 is 0 Å². The van der Waals surface area contributed by atoms with Gasteiger partial charge in [0.25, 0.3) is 5.91 Å². The molecule has 0 bridgehead atoms. The van der Waals surface area contributed by atoms with Crippen molar-refractivity contribution in [3.8, 4) is 0 Å². The molecule has 1 aromatic carbocycles. The molecule has 3 heterocycles. The maximum absolute atomic E-state index is 13.0. The van der Waals surface area contributed by atoms with Crippen molar-refractivity contribution in [3.05, 3.63) is 34.4 Å². The highest BCUT2D eigenvalue weighted by molar-refractivity contribution is 7.97. The fourth-order valence-corrected chi connectivity index (χ4v) is 7.97. The van der Waals surface area contributed by atoms with E-state index in [4.69, 9.17) is 4.99 Å². The molecule has 1 saturated carbocycles. The Morgan fingerprint density at radius 1 is 1.00 bits per heavy atom. The molecule has 4 aliphatic rings. The minimum atomic E-state index is -4.09. The van der Waals surface area contributed by atoms with E-state index in [2.05, 4.69) is 35.6 Å². The number of nitrogens with one attached hydrogen (secondary N) is 1. The van der Waals surface area contributed by atoms with Gasteiger partial charge in [-0.05, 0) is 93.4 Å². The minimum Gasteiger partial charge on any atom is -0.312 e. The average molecular weight is 607 g/mol. The number of benzene rings is 1. The summed E-state index contributed by atoms with van der Waals surface area (Å²) < 4.78 is 40.1. The van der Waals surface area contributed by atoms with E-state index in [1.165, 1.54) is 21.6 Å². The number of amidine groups is 1. The van der Waals surface area contributed by atoms with Crippen LogP contribution in [0.1, 0.15) is 86.5 Å². The van der Waals surface area contributed by atoms with Crippen LogP contribution in [0, 0.1) is 25.7 Å². The van der Waals surface area contributed by atoms with Crippen LogP contribution in [0.15, 0.2) is 17.1 Å². The highest BCUT2D eigenvalue weighted by Gasteiger charge is 2.47. The molecule has 42 heavy (non-hydrogen) atoms. The number of imide groups is 1. The number of amides is 3. The van der Waals surface area contributed by atoms with Crippen LogP contribution >= 0.6 is 11.9 Å². The summed E-state index contributed by atoms with van der Waals surface area (Å²) in [5.74, 6) is 1.69. The second kappa shape index (κ2) is 12.7.